The van der Waals surface area contributed by atoms with Crippen LogP contribution in [0.4, 0.5) is 4.39 Å². The molecule has 0 spiro atoms. The quantitative estimate of drug-likeness (QED) is 0.924. The van der Waals surface area contributed by atoms with Crippen molar-refractivity contribution in [2.75, 3.05) is 0 Å². The molecule has 1 aromatic carbocycles. The minimum absolute atomic E-state index is 0.0783. The van der Waals surface area contributed by atoms with E-state index in [1.54, 1.807) is 0 Å². The molecule has 1 fully saturated rings. The summed E-state index contributed by atoms with van der Waals surface area (Å²) in [6.07, 6.45) is 5.19. The number of benzene rings is 1. The fourth-order valence-electron chi connectivity index (χ4n) is 2.62. The lowest BCUT2D eigenvalue weighted by Gasteiger charge is -2.26. The molecule has 0 aromatic heterocycles. The zero-order chi connectivity index (χ0) is 14.5. The summed E-state index contributed by atoms with van der Waals surface area (Å²) in [5, 5.41) is 12.1. The molecule has 20 heavy (non-hydrogen) atoms. The Balaban J connectivity index is 2.07. The molecule has 0 aliphatic heterocycles. The van der Waals surface area contributed by atoms with Crippen LogP contribution < -0.4 is 5.32 Å². The summed E-state index contributed by atoms with van der Waals surface area (Å²) in [4.78, 5) is 12.0. The number of nitrogens with one attached hydrogen (secondary N) is 1. The van der Waals surface area contributed by atoms with Crippen LogP contribution in [0.3, 0.4) is 0 Å². The first-order chi connectivity index (χ1) is 9.61. The van der Waals surface area contributed by atoms with Crippen LogP contribution in [0, 0.1) is 23.1 Å². The molecule has 1 atom stereocenters. The summed E-state index contributed by atoms with van der Waals surface area (Å²) >= 11 is 5.65. The number of hydrogen-bond acceptors (Lipinski definition) is 2. The molecule has 0 heterocycles. The fraction of sp³-hybridized carbons (Fsp3) is 0.467. The average molecular weight is 295 g/mol. The van der Waals surface area contributed by atoms with E-state index < -0.39 is 17.8 Å². The van der Waals surface area contributed by atoms with Crippen molar-refractivity contribution >= 4 is 17.5 Å². The van der Waals surface area contributed by atoms with E-state index in [2.05, 4.69) is 11.4 Å². The zero-order valence-electron chi connectivity index (χ0n) is 11.0. The number of carbonyl (C=O) groups is 1. The second-order valence-corrected chi connectivity index (χ2v) is 5.54. The maximum Gasteiger partial charge on any atom is 0.255 e. The SMILES string of the molecule is N#CC(NC(=O)c1ccc(Cl)cc1F)C1CCCCC1. The molecule has 3 nitrogen and oxygen atoms in total. The standard InChI is InChI=1S/C15H16ClFN2O/c16-11-6-7-12(13(17)8-11)15(20)19-14(9-18)10-4-2-1-3-5-10/h6-8,10,14H,1-5H2,(H,19,20). The Morgan fingerprint density at radius 1 is 1.40 bits per heavy atom. The summed E-state index contributed by atoms with van der Waals surface area (Å²) in [5.41, 5.74) is -0.0783. The third-order valence-electron chi connectivity index (χ3n) is 3.72. The van der Waals surface area contributed by atoms with Gasteiger partial charge in [0.25, 0.3) is 5.91 Å². The van der Waals surface area contributed by atoms with E-state index in [4.69, 9.17) is 11.6 Å². The number of amides is 1. The van der Waals surface area contributed by atoms with Crippen LogP contribution in [0.2, 0.25) is 5.02 Å². The van der Waals surface area contributed by atoms with Crippen molar-refractivity contribution in [2.24, 2.45) is 5.92 Å². The van der Waals surface area contributed by atoms with Crippen molar-refractivity contribution < 1.29 is 9.18 Å². The summed E-state index contributed by atoms with van der Waals surface area (Å²) in [6.45, 7) is 0. The molecule has 1 aliphatic carbocycles. The van der Waals surface area contributed by atoms with Gasteiger partial charge < -0.3 is 5.32 Å². The Hall–Kier alpha value is -1.60. The monoisotopic (exact) mass is 294 g/mol. The highest BCUT2D eigenvalue weighted by Crippen LogP contribution is 2.26. The van der Waals surface area contributed by atoms with Crippen LogP contribution >= 0.6 is 11.6 Å². The van der Waals surface area contributed by atoms with Crippen LogP contribution in [-0.2, 0) is 0 Å². The van der Waals surface area contributed by atoms with E-state index in [0.717, 1.165) is 31.7 Å². The second kappa shape index (κ2) is 6.71. The molecule has 2 rings (SSSR count). The summed E-state index contributed by atoms with van der Waals surface area (Å²) in [5.74, 6) is -1.07. The van der Waals surface area contributed by atoms with E-state index in [1.165, 1.54) is 18.6 Å². The molecule has 1 aliphatic rings. The van der Waals surface area contributed by atoms with Crippen LogP contribution in [0.1, 0.15) is 42.5 Å². The molecule has 106 valence electrons. The van der Waals surface area contributed by atoms with Crippen molar-refractivity contribution in [3.05, 3.63) is 34.6 Å². The van der Waals surface area contributed by atoms with Crippen molar-refractivity contribution in [3.8, 4) is 6.07 Å². The Morgan fingerprint density at radius 3 is 2.70 bits per heavy atom. The zero-order valence-corrected chi connectivity index (χ0v) is 11.8. The molecule has 1 N–H and O–H groups in total. The van der Waals surface area contributed by atoms with E-state index in [9.17, 15) is 14.4 Å². The Bertz CT molecular complexity index is 535. The number of nitriles is 1. The molecule has 0 radical (unpaired) electrons. The van der Waals surface area contributed by atoms with Crippen LogP contribution in [0.25, 0.3) is 0 Å². The number of carbonyl (C=O) groups excluding carboxylic acids is 1. The van der Waals surface area contributed by atoms with Crippen molar-refractivity contribution in [2.45, 2.75) is 38.1 Å². The molecule has 1 saturated carbocycles. The predicted molar refractivity (Wildman–Crippen MR) is 74.9 cm³/mol. The number of rotatable bonds is 3. The summed E-state index contributed by atoms with van der Waals surface area (Å²) < 4.78 is 13.7. The van der Waals surface area contributed by atoms with E-state index >= 15 is 0 Å². The summed E-state index contributed by atoms with van der Waals surface area (Å²) in [7, 11) is 0. The maximum atomic E-state index is 13.7. The molecule has 0 bridgehead atoms. The highest BCUT2D eigenvalue weighted by molar-refractivity contribution is 6.30. The highest BCUT2D eigenvalue weighted by atomic mass is 35.5. The third-order valence-corrected chi connectivity index (χ3v) is 3.96. The summed E-state index contributed by atoms with van der Waals surface area (Å²) in [6, 6.07) is 5.46. The smallest absolute Gasteiger partial charge is 0.255 e. The van der Waals surface area contributed by atoms with Gasteiger partial charge in [-0.05, 0) is 37.0 Å². The molecular weight excluding hydrogens is 279 g/mol. The van der Waals surface area contributed by atoms with Gasteiger partial charge in [0.05, 0.1) is 11.6 Å². The number of halogens is 2. The van der Waals surface area contributed by atoms with Gasteiger partial charge in [-0.15, -0.1) is 0 Å². The van der Waals surface area contributed by atoms with Crippen LogP contribution in [-0.4, -0.2) is 11.9 Å². The highest BCUT2D eigenvalue weighted by Gasteiger charge is 2.26. The average Bonchev–Trinajstić information content (AvgIpc) is 2.45. The third kappa shape index (κ3) is 3.49. The van der Waals surface area contributed by atoms with Crippen molar-refractivity contribution in [3.63, 3.8) is 0 Å². The predicted octanol–water partition coefficient (Wildman–Crippen LogP) is 3.68. The minimum Gasteiger partial charge on any atom is -0.336 e. The number of hydrogen-bond donors (Lipinski definition) is 1. The Kier molecular flexibility index (Phi) is 4.97. The molecule has 0 saturated heterocycles. The van der Waals surface area contributed by atoms with E-state index in [0.29, 0.717) is 0 Å². The van der Waals surface area contributed by atoms with Gasteiger partial charge in [0, 0.05) is 5.02 Å². The van der Waals surface area contributed by atoms with E-state index in [1.807, 2.05) is 0 Å². The Labute approximate surface area is 122 Å². The first-order valence-corrected chi connectivity index (χ1v) is 7.15. The molecule has 1 amide bonds. The topological polar surface area (TPSA) is 52.9 Å². The molecule has 1 unspecified atom stereocenters. The maximum absolute atomic E-state index is 13.7. The lowest BCUT2D eigenvalue weighted by Crippen LogP contribution is -2.40. The first kappa shape index (κ1) is 14.8. The van der Waals surface area contributed by atoms with Gasteiger partial charge in [-0.2, -0.15) is 5.26 Å². The van der Waals surface area contributed by atoms with Gasteiger partial charge in [-0.3, -0.25) is 4.79 Å². The van der Waals surface area contributed by atoms with E-state index in [-0.39, 0.29) is 16.5 Å². The van der Waals surface area contributed by atoms with Gasteiger partial charge >= 0.3 is 0 Å². The van der Waals surface area contributed by atoms with Gasteiger partial charge in [0.1, 0.15) is 11.9 Å². The first-order valence-electron chi connectivity index (χ1n) is 6.77. The van der Waals surface area contributed by atoms with Gasteiger partial charge in [0.2, 0.25) is 0 Å². The second-order valence-electron chi connectivity index (χ2n) is 5.10. The van der Waals surface area contributed by atoms with Gasteiger partial charge in [0.15, 0.2) is 0 Å². The molecular formula is C15H16ClFN2O. The minimum atomic E-state index is -0.671. The van der Waals surface area contributed by atoms with Gasteiger partial charge in [-0.25, -0.2) is 4.39 Å². The van der Waals surface area contributed by atoms with Gasteiger partial charge in [-0.1, -0.05) is 30.9 Å². The molecule has 1 aromatic rings. The fourth-order valence-corrected chi connectivity index (χ4v) is 2.77. The normalized spacial score (nSPS) is 17.2. The van der Waals surface area contributed by atoms with Crippen LogP contribution in [0.5, 0.6) is 0 Å². The van der Waals surface area contributed by atoms with Crippen molar-refractivity contribution in [1.29, 1.82) is 5.26 Å². The Morgan fingerprint density at radius 2 is 2.10 bits per heavy atom. The lowest BCUT2D eigenvalue weighted by atomic mass is 9.84. The lowest BCUT2D eigenvalue weighted by molar-refractivity contribution is 0.0925. The number of nitrogens with zero attached hydrogens (tertiary/aromatic N) is 1. The van der Waals surface area contributed by atoms with Crippen molar-refractivity contribution in [1.82, 2.24) is 5.32 Å². The molecule has 5 heteroatoms. The van der Waals surface area contributed by atoms with Crippen LogP contribution in [0.15, 0.2) is 18.2 Å². The largest absolute Gasteiger partial charge is 0.336 e.